The average Bonchev–Trinajstić information content (AvgIpc) is 3.33. The number of carbonyl (C=O) groups excluding carboxylic acids is 2. The number of carbonyl (C=O) groups is 2. The zero-order chi connectivity index (χ0) is 19.3. The van der Waals surface area contributed by atoms with E-state index in [1.54, 1.807) is 12.1 Å². The van der Waals surface area contributed by atoms with Gasteiger partial charge in [-0.1, -0.05) is 18.2 Å². The molecule has 2 amide bonds. The molecule has 1 aliphatic carbocycles. The average molecular weight is 375 g/mol. The lowest BCUT2D eigenvalue weighted by Gasteiger charge is -2.36. The molecule has 7 nitrogen and oxygen atoms in total. The lowest BCUT2D eigenvalue weighted by molar-refractivity contribution is 0.0600. The summed E-state index contributed by atoms with van der Waals surface area (Å²) in [7, 11) is 0. The van der Waals surface area contributed by atoms with Crippen LogP contribution in [0.1, 0.15) is 33.6 Å². The van der Waals surface area contributed by atoms with Crippen LogP contribution in [0.3, 0.4) is 0 Å². The number of imidazole rings is 1. The van der Waals surface area contributed by atoms with Crippen molar-refractivity contribution < 1.29 is 9.59 Å². The molecule has 4 N–H and O–H groups in total. The summed E-state index contributed by atoms with van der Waals surface area (Å²) in [4.78, 5) is 34.4. The summed E-state index contributed by atoms with van der Waals surface area (Å²) in [6.07, 6.45) is 2.15. The molecule has 2 aromatic carbocycles. The van der Waals surface area contributed by atoms with E-state index in [2.05, 4.69) is 15.3 Å². The van der Waals surface area contributed by atoms with Gasteiger partial charge in [0, 0.05) is 30.8 Å². The van der Waals surface area contributed by atoms with Gasteiger partial charge in [0.05, 0.1) is 16.6 Å². The number of benzene rings is 2. The highest BCUT2D eigenvalue weighted by molar-refractivity contribution is 6.04. The van der Waals surface area contributed by atoms with Crippen molar-refractivity contribution in [2.24, 2.45) is 5.73 Å². The topological polar surface area (TPSA) is 104 Å². The molecule has 1 saturated heterocycles. The Balaban J connectivity index is 1.44. The van der Waals surface area contributed by atoms with Crippen molar-refractivity contribution in [3.05, 3.63) is 53.6 Å². The lowest BCUT2D eigenvalue weighted by Crippen LogP contribution is -2.55. The van der Waals surface area contributed by atoms with E-state index in [0.29, 0.717) is 22.5 Å². The van der Waals surface area contributed by atoms with E-state index in [9.17, 15) is 9.59 Å². The molecule has 2 fully saturated rings. The van der Waals surface area contributed by atoms with E-state index in [-0.39, 0.29) is 11.4 Å². The lowest BCUT2D eigenvalue weighted by atomic mass is 10.1. The zero-order valence-corrected chi connectivity index (χ0v) is 15.4. The maximum absolute atomic E-state index is 13.0. The van der Waals surface area contributed by atoms with Crippen molar-refractivity contribution in [3.63, 3.8) is 0 Å². The molecule has 1 saturated carbocycles. The minimum Gasteiger partial charge on any atom is -0.366 e. The third-order valence-corrected chi connectivity index (χ3v) is 5.79. The first-order valence-electron chi connectivity index (χ1n) is 9.49. The molecule has 1 spiro atoms. The van der Waals surface area contributed by atoms with Gasteiger partial charge in [-0.15, -0.1) is 0 Å². The van der Waals surface area contributed by atoms with Gasteiger partial charge in [-0.2, -0.15) is 0 Å². The fraction of sp³-hybridized carbons (Fsp3) is 0.286. The Kier molecular flexibility index (Phi) is 3.73. The molecule has 1 aliphatic heterocycles. The summed E-state index contributed by atoms with van der Waals surface area (Å²) in [5, 5.41) is 3.39. The Bertz CT molecular complexity index is 1080. The van der Waals surface area contributed by atoms with Crippen LogP contribution in [0.2, 0.25) is 0 Å². The number of aromatic amines is 1. The van der Waals surface area contributed by atoms with Gasteiger partial charge in [0.15, 0.2) is 0 Å². The highest BCUT2D eigenvalue weighted by Gasteiger charge is 2.51. The number of H-pyrrole nitrogens is 1. The number of nitrogens with two attached hydrogens (primary N) is 1. The van der Waals surface area contributed by atoms with Gasteiger partial charge in [0.25, 0.3) is 11.8 Å². The third kappa shape index (κ3) is 2.66. The molecule has 1 aromatic heterocycles. The smallest absolute Gasteiger partial charge is 0.254 e. The van der Waals surface area contributed by atoms with Crippen LogP contribution in [0.25, 0.3) is 22.4 Å². The Labute approximate surface area is 161 Å². The number of hydrogen-bond donors (Lipinski definition) is 3. The van der Waals surface area contributed by atoms with Crippen LogP contribution >= 0.6 is 0 Å². The monoisotopic (exact) mass is 375 g/mol. The maximum Gasteiger partial charge on any atom is 0.254 e. The van der Waals surface area contributed by atoms with Crippen molar-refractivity contribution in [2.45, 2.75) is 18.4 Å². The molecule has 142 valence electrons. The van der Waals surface area contributed by atoms with Crippen molar-refractivity contribution in [2.75, 3.05) is 19.6 Å². The van der Waals surface area contributed by atoms with Crippen molar-refractivity contribution in [1.82, 2.24) is 20.2 Å². The molecule has 28 heavy (non-hydrogen) atoms. The summed E-state index contributed by atoms with van der Waals surface area (Å²) >= 11 is 0. The van der Waals surface area contributed by atoms with E-state index >= 15 is 0 Å². The second-order valence-corrected chi connectivity index (χ2v) is 7.59. The summed E-state index contributed by atoms with van der Waals surface area (Å²) in [6, 6.07) is 12.8. The number of piperazine rings is 1. The van der Waals surface area contributed by atoms with Crippen LogP contribution in [0.4, 0.5) is 0 Å². The fourth-order valence-corrected chi connectivity index (χ4v) is 4.05. The largest absolute Gasteiger partial charge is 0.366 e. The molecule has 0 unspecified atom stereocenters. The first-order chi connectivity index (χ1) is 13.6. The molecule has 0 radical (unpaired) electrons. The van der Waals surface area contributed by atoms with Crippen LogP contribution in [0, 0.1) is 0 Å². The molecule has 7 heteroatoms. The van der Waals surface area contributed by atoms with Crippen LogP contribution in [-0.2, 0) is 0 Å². The molecule has 0 bridgehead atoms. The van der Waals surface area contributed by atoms with Crippen LogP contribution in [-0.4, -0.2) is 51.9 Å². The third-order valence-electron chi connectivity index (χ3n) is 5.79. The highest BCUT2D eigenvalue weighted by atomic mass is 16.2. The van der Waals surface area contributed by atoms with Crippen LogP contribution in [0.15, 0.2) is 42.5 Å². The van der Waals surface area contributed by atoms with Gasteiger partial charge >= 0.3 is 0 Å². The first kappa shape index (κ1) is 16.9. The minimum atomic E-state index is -0.505. The van der Waals surface area contributed by atoms with E-state index < -0.39 is 5.91 Å². The van der Waals surface area contributed by atoms with Gasteiger partial charge in [-0.05, 0) is 37.1 Å². The van der Waals surface area contributed by atoms with E-state index in [1.165, 1.54) is 0 Å². The van der Waals surface area contributed by atoms with Crippen molar-refractivity contribution in [1.29, 1.82) is 0 Å². The number of fused-ring (bicyclic) bond motifs is 1. The van der Waals surface area contributed by atoms with E-state index in [0.717, 1.165) is 43.6 Å². The Morgan fingerprint density at radius 2 is 1.89 bits per heavy atom. The molecule has 2 aliphatic rings. The molecule has 5 rings (SSSR count). The summed E-state index contributed by atoms with van der Waals surface area (Å²) in [5.74, 6) is 0.226. The van der Waals surface area contributed by atoms with Gasteiger partial charge in [-0.3, -0.25) is 9.59 Å². The second kappa shape index (κ2) is 6.17. The van der Waals surface area contributed by atoms with Gasteiger partial charge < -0.3 is 20.9 Å². The van der Waals surface area contributed by atoms with Crippen LogP contribution in [0.5, 0.6) is 0 Å². The van der Waals surface area contributed by atoms with Crippen molar-refractivity contribution >= 4 is 22.8 Å². The minimum absolute atomic E-state index is 0.0257. The van der Waals surface area contributed by atoms with Gasteiger partial charge in [0.2, 0.25) is 0 Å². The number of hydrogen-bond acceptors (Lipinski definition) is 4. The number of amides is 2. The number of nitrogens with one attached hydrogen (secondary N) is 2. The zero-order valence-electron chi connectivity index (χ0n) is 15.4. The van der Waals surface area contributed by atoms with Gasteiger partial charge in [-0.25, -0.2) is 4.98 Å². The highest BCUT2D eigenvalue weighted by Crippen LogP contribution is 2.43. The second-order valence-electron chi connectivity index (χ2n) is 7.59. The fourth-order valence-electron chi connectivity index (χ4n) is 4.05. The summed E-state index contributed by atoms with van der Waals surface area (Å²) in [6.45, 7) is 2.48. The number of para-hydroxylation sites is 1. The standard InChI is InChI=1S/C21H21N5O2/c22-18(27)15-2-1-3-16-17(15)25-19(24-16)13-4-6-14(7-5-13)20(28)26-11-10-23-12-21(26)8-9-21/h1-7,23H,8-12H2,(H2,22,27)(H,24,25). The Morgan fingerprint density at radius 3 is 2.61 bits per heavy atom. The summed E-state index contributed by atoms with van der Waals surface area (Å²) in [5.41, 5.74) is 8.70. The normalized spacial score (nSPS) is 17.8. The summed E-state index contributed by atoms with van der Waals surface area (Å²) < 4.78 is 0. The Morgan fingerprint density at radius 1 is 1.11 bits per heavy atom. The molecular formula is C21H21N5O2. The predicted molar refractivity (Wildman–Crippen MR) is 106 cm³/mol. The van der Waals surface area contributed by atoms with Gasteiger partial charge in [0.1, 0.15) is 11.3 Å². The van der Waals surface area contributed by atoms with Crippen LogP contribution < -0.4 is 11.1 Å². The number of aromatic nitrogens is 2. The van der Waals surface area contributed by atoms with E-state index in [4.69, 9.17) is 5.73 Å². The maximum atomic E-state index is 13.0. The SMILES string of the molecule is NC(=O)c1cccc2[nH]c(-c3ccc(C(=O)N4CCNCC45CC5)cc3)nc12. The molecular weight excluding hydrogens is 354 g/mol. The quantitative estimate of drug-likeness (QED) is 0.650. The first-order valence-corrected chi connectivity index (χ1v) is 9.49. The number of nitrogens with zero attached hydrogens (tertiary/aromatic N) is 2. The van der Waals surface area contributed by atoms with Crippen molar-refractivity contribution in [3.8, 4) is 11.4 Å². The number of primary amides is 1. The molecule has 0 atom stereocenters. The Hall–Kier alpha value is -3.19. The van der Waals surface area contributed by atoms with E-state index in [1.807, 2.05) is 35.2 Å². The molecule has 2 heterocycles. The predicted octanol–water partition coefficient (Wildman–Crippen LogP) is 1.91. The number of rotatable bonds is 3. The molecule has 3 aromatic rings.